The van der Waals surface area contributed by atoms with E-state index in [1.165, 1.54) is 6.07 Å². The molecule has 0 fully saturated rings. The molecule has 1 aromatic heterocycles. The van der Waals surface area contributed by atoms with E-state index in [1.54, 1.807) is 22.8 Å². The zero-order valence-electron chi connectivity index (χ0n) is 13.1. The summed E-state index contributed by atoms with van der Waals surface area (Å²) < 4.78 is 32.5. The second kappa shape index (κ2) is 6.56. The minimum atomic E-state index is -0.428. The number of nitrogens with zero attached hydrogens (tertiary/aromatic N) is 2. The number of H-pyrrole nitrogens is 1. The molecule has 0 unspecified atom stereocenters. The molecular formula is C17H14FN3O3S. The van der Waals surface area contributed by atoms with Gasteiger partial charge in [0, 0.05) is 6.07 Å². The van der Waals surface area contributed by atoms with Gasteiger partial charge in [-0.05, 0) is 36.5 Å². The summed E-state index contributed by atoms with van der Waals surface area (Å²) in [6, 6.07) is 11.7. The van der Waals surface area contributed by atoms with Crippen LogP contribution < -0.4 is 14.2 Å². The van der Waals surface area contributed by atoms with Gasteiger partial charge in [-0.3, -0.25) is 9.67 Å². The van der Waals surface area contributed by atoms with Crippen molar-refractivity contribution < 1.29 is 18.6 Å². The predicted molar refractivity (Wildman–Crippen MR) is 90.5 cm³/mol. The topological polar surface area (TPSA) is 61.3 Å². The highest BCUT2D eigenvalue weighted by Gasteiger charge is 2.16. The molecule has 2 aromatic carbocycles. The van der Waals surface area contributed by atoms with Gasteiger partial charge in [0.2, 0.25) is 0 Å². The quantitative estimate of drug-likeness (QED) is 0.724. The van der Waals surface area contributed by atoms with Gasteiger partial charge in [0.05, 0.1) is 5.69 Å². The Hall–Kier alpha value is -2.87. The average Bonchev–Trinajstić information content (AvgIpc) is 3.01. The lowest BCUT2D eigenvalue weighted by Crippen LogP contribution is -2.15. The number of halogens is 1. The van der Waals surface area contributed by atoms with Gasteiger partial charge in [-0.15, -0.1) is 0 Å². The molecular weight excluding hydrogens is 345 g/mol. The number of benzene rings is 2. The van der Waals surface area contributed by atoms with E-state index >= 15 is 0 Å². The van der Waals surface area contributed by atoms with Crippen molar-refractivity contribution in [3.63, 3.8) is 0 Å². The third-order valence-corrected chi connectivity index (χ3v) is 3.99. The SMILES string of the molecule is Fc1ccccc1OCc1n[nH]c(=S)n1-c1ccc2c(c1)OCCO2. The van der Waals surface area contributed by atoms with E-state index in [-0.39, 0.29) is 12.4 Å². The molecule has 0 saturated heterocycles. The molecule has 8 heteroatoms. The minimum Gasteiger partial charge on any atom is -0.486 e. The van der Waals surface area contributed by atoms with E-state index in [9.17, 15) is 4.39 Å². The number of fused-ring (bicyclic) bond motifs is 1. The van der Waals surface area contributed by atoms with E-state index in [4.69, 9.17) is 26.4 Å². The summed E-state index contributed by atoms with van der Waals surface area (Å²) in [6.45, 7) is 1.08. The number of aromatic amines is 1. The van der Waals surface area contributed by atoms with E-state index in [1.807, 2.05) is 18.2 Å². The van der Waals surface area contributed by atoms with E-state index < -0.39 is 5.82 Å². The fourth-order valence-corrected chi connectivity index (χ4v) is 2.82. The van der Waals surface area contributed by atoms with E-state index in [0.717, 1.165) is 5.69 Å². The Morgan fingerprint density at radius 1 is 1.16 bits per heavy atom. The summed E-state index contributed by atoms with van der Waals surface area (Å²) >= 11 is 5.31. The molecule has 6 nitrogen and oxygen atoms in total. The van der Waals surface area contributed by atoms with Crippen LogP contribution in [0.2, 0.25) is 0 Å². The molecule has 0 saturated carbocycles. The van der Waals surface area contributed by atoms with Gasteiger partial charge in [0.25, 0.3) is 0 Å². The fraction of sp³-hybridized carbons (Fsp3) is 0.176. The van der Waals surface area contributed by atoms with Crippen molar-refractivity contribution in [3.05, 3.63) is 58.9 Å². The maximum Gasteiger partial charge on any atom is 0.199 e. The Labute approximate surface area is 147 Å². The molecule has 1 aliphatic heterocycles. The normalized spacial score (nSPS) is 12.8. The number of rotatable bonds is 4. The molecule has 1 N–H and O–H groups in total. The maximum absolute atomic E-state index is 13.7. The van der Waals surface area contributed by atoms with Gasteiger partial charge in [0.15, 0.2) is 33.7 Å². The zero-order valence-corrected chi connectivity index (χ0v) is 13.9. The van der Waals surface area contributed by atoms with Crippen molar-refractivity contribution >= 4 is 12.2 Å². The third-order valence-electron chi connectivity index (χ3n) is 3.72. The first-order valence-electron chi connectivity index (χ1n) is 7.66. The lowest BCUT2D eigenvalue weighted by molar-refractivity contribution is 0.171. The van der Waals surface area contributed by atoms with Crippen molar-refractivity contribution in [2.24, 2.45) is 0 Å². The van der Waals surface area contributed by atoms with Crippen molar-refractivity contribution in [2.75, 3.05) is 13.2 Å². The highest BCUT2D eigenvalue weighted by molar-refractivity contribution is 7.71. The Morgan fingerprint density at radius 2 is 1.96 bits per heavy atom. The summed E-state index contributed by atoms with van der Waals surface area (Å²) in [6.07, 6.45) is 0. The number of hydrogen-bond donors (Lipinski definition) is 1. The molecule has 0 aliphatic carbocycles. The molecule has 0 bridgehead atoms. The number of ether oxygens (including phenoxy) is 3. The standard InChI is InChI=1S/C17H14FN3O3S/c18-12-3-1-2-4-13(12)24-10-16-19-20-17(25)21(16)11-5-6-14-15(9-11)23-8-7-22-14/h1-6,9H,7-8,10H2,(H,20,25). The predicted octanol–water partition coefficient (Wildman–Crippen LogP) is 3.42. The van der Waals surface area contributed by atoms with Crippen LogP contribution in [0.3, 0.4) is 0 Å². The summed E-state index contributed by atoms with van der Waals surface area (Å²) in [4.78, 5) is 0. The van der Waals surface area contributed by atoms with Crippen molar-refractivity contribution in [1.82, 2.24) is 14.8 Å². The Balaban J connectivity index is 1.64. The average molecular weight is 359 g/mol. The first kappa shape index (κ1) is 15.6. The molecule has 3 aromatic rings. The van der Waals surface area contributed by atoms with Crippen LogP contribution in [-0.2, 0) is 6.61 Å². The Bertz CT molecular complexity index is 970. The van der Waals surface area contributed by atoms with Crippen LogP contribution in [0.15, 0.2) is 42.5 Å². The Kier molecular flexibility index (Phi) is 4.10. The molecule has 0 radical (unpaired) electrons. The summed E-state index contributed by atoms with van der Waals surface area (Å²) in [5, 5.41) is 6.91. The fourth-order valence-electron chi connectivity index (χ4n) is 2.57. The van der Waals surface area contributed by atoms with Gasteiger partial charge < -0.3 is 14.2 Å². The van der Waals surface area contributed by atoms with Gasteiger partial charge in [-0.25, -0.2) is 4.39 Å². The van der Waals surface area contributed by atoms with Crippen LogP contribution in [0.5, 0.6) is 17.2 Å². The van der Waals surface area contributed by atoms with Crippen LogP contribution in [0.1, 0.15) is 5.82 Å². The first-order valence-corrected chi connectivity index (χ1v) is 8.07. The number of para-hydroxylation sites is 1. The van der Waals surface area contributed by atoms with Crippen LogP contribution in [-0.4, -0.2) is 28.0 Å². The summed E-state index contributed by atoms with van der Waals surface area (Å²) in [5.74, 6) is 1.58. The molecule has 25 heavy (non-hydrogen) atoms. The van der Waals surface area contributed by atoms with Gasteiger partial charge >= 0.3 is 0 Å². The maximum atomic E-state index is 13.7. The van der Waals surface area contributed by atoms with Crippen LogP contribution >= 0.6 is 12.2 Å². The number of nitrogens with one attached hydrogen (secondary N) is 1. The first-order chi connectivity index (χ1) is 12.2. The molecule has 0 atom stereocenters. The third kappa shape index (κ3) is 3.08. The van der Waals surface area contributed by atoms with Gasteiger partial charge in [-0.1, -0.05) is 12.1 Å². The largest absolute Gasteiger partial charge is 0.486 e. The highest BCUT2D eigenvalue weighted by atomic mass is 32.1. The summed E-state index contributed by atoms with van der Waals surface area (Å²) in [7, 11) is 0. The van der Waals surface area contributed by atoms with Crippen LogP contribution in [0.25, 0.3) is 5.69 Å². The van der Waals surface area contributed by atoms with Crippen molar-refractivity contribution in [3.8, 4) is 22.9 Å². The lowest BCUT2D eigenvalue weighted by atomic mass is 10.2. The van der Waals surface area contributed by atoms with Crippen LogP contribution in [0.4, 0.5) is 4.39 Å². The van der Waals surface area contributed by atoms with Crippen LogP contribution in [0, 0.1) is 10.6 Å². The lowest BCUT2D eigenvalue weighted by Gasteiger charge is -2.19. The molecule has 1 aliphatic rings. The summed E-state index contributed by atoms with van der Waals surface area (Å²) in [5.41, 5.74) is 0.759. The highest BCUT2D eigenvalue weighted by Crippen LogP contribution is 2.32. The number of hydrogen-bond acceptors (Lipinski definition) is 5. The zero-order chi connectivity index (χ0) is 17.2. The smallest absolute Gasteiger partial charge is 0.199 e. The monoisotopic (exact) mass is 359 g/mol. The molecule has 2 heterocycles. The van der Waals surface area contributed by atoms with Gasteiger partial charge in [0.1, 0.15) is 19.8 Å². The second-order valence-electron chi connectivity index (χ2n) is 5.33. The minimum absolute atomic E-state index is 0.0581. The molecule has 0 spiro atoms. The van der Waals surface area contributed by atoms with E-state index in [0.29, 0.717) is 35.3 Å². The van der Waals surface area contributed by atoms with Gasteiger partial charge in [-0.2, -0.15) is 5.10 Å². The Morgan fingerprint density at radius 3 is 2.80 bits per heavy atom. The number of aromatic nitrogens is 3. The molecule has 4 rings (SSSR count). The molecule has 0 amide bonds. The van der Waals surface area contributed by atoms with E-state index in [2.05, 4.69) is 10.2 Å². The second-order valence-corrected chi connectivity index (χ2v) is 5.71. The molecule has 128 valence electrons. The van der Waals surface area contributed by atoms with Crippen molar-refractivity contribution in [1.29, 1.82) is 0 Å². The van der Waals surface area contributed by atoms with Crippen molar-refractivity contribution in [2.45, 2.75) is 6.61 Å².